The molecule has 2 fully saturated rings. The Hall–Kier alpha value is -1.47. The highest BCUT2D eigenvalue weighted by molar-refractivity contribution is 7.09. The van der Waals surface area contributed by atoms with Gasteiger partial charge < -0.3 is 10.2 Å². The van der Waals surface area contributed by atoms with Crippen LogP contribution in [-0.2, 0) is 16.1 Å². The first-order valence-corrected chi connectivity index (χ1v) is 10.1. The van der Waals surface area contributed by atoms with E-state index in [2.05, 4.69) is 29.0 Å². The van der Waals surface area contributed by atoms with Crippen LogP contribution in [-0.4, -0.2) is 58.3 Å². The predicted molar refractivity (Wildman–Crippen MR) is 98.1 cm³/mol. The fourth-order valence-corrected chi connectivity index (χ4v) is 3.86. The lowest BCUT2D eigenvalue weighted by Crippen LogP contribution is -2.57. The van der Waals surface area contributed by atoms with Crippen LogP contribution in [0.25, 0.3) is 0 Å². The SMILES string of the molecule is CC(C)CCN1CCNC(=O)C1CC(=O)N(Cc1nccs1)C1CC1. The van der Waals surface area contributed by atoms with Gasteiger partial charge in [-0.3, -0.25) is 14.5 Å². The van der Waals surface area contributed by atoms with Crippen LogP contribution in [0.15, 0.2) is 11.6 Å². The third-order valence-corrected chi connectivity index (χ3v) is 5.66. The van der Waals surface area contributed by atoms with Gasteiger partial charge in [0.1, 0.15) is 5.01 Å². The molecule has 0 aromatic carbocycles. The minimum absolute atomic E-state index is 0.00616. The maximum atomic E-state index is 12.9. The molecule has 0 bridgehead atoms. The number of carbonyl (C=O) groups excluding carboxylic acids is 2. The molecule has 2 heterocycles. The summed E-state index contributed by atoms with van der Waals surface area (Å²) < 4.78 is 0. The first-order valence-electron chi connectivity index (χ1n) is 9.24. The Balaban J connectivity index is 1.64. The zero-order valence-electron chi connectivity index (χ0n) is 15.1. The van der Waals surface area contributed by atoms with Gasteiger partial charge in [0.15, 0.2) is 0 Å². The van der Waals surface area contributed by atoms with E-state index in [0.29, 0.717) is 25.0 Å². The number of nitrogens with one attached hydrogen (secondary N) is 1. The van der Waals surface area contributed by atoms with E-state index >= 15 is 0 Å². The fourth-order valence-electron chi connectivity index (χ4n) is 3.24. The minimum atomic E-state index is -0.336. The molecular weight excluding hydrogens is 336 g/mol. The molecule has 138 valence electrons. The fraction of sp³-hybridized carbons (Fsp3) is 0.722. The molecule has 0 spiro atoms. The van der Waals surface area contributed by atoms with Crippen molar-refractivity contribution >= 4 is 23.2 Å². The summed E-state index contributed by atoms with van der Waals surface area (Å²) >= 11 is 1.58. The van der Waals surface area contributed by atoms with E-state index in [1.807, 2.05) is 10.3 Å². The molecule has 2 amide bonds. The van der Waals surface area contributed by atoms with Crippen molar-refractivity contribution in [1.82, 2.24) is 20.1 Å². The highest BCUT2D eigenvalue weighted by Gasteiger charge is 2.37. The second-order valence-corrected chi connectivity index (χ2v) is 8.39. The number of carbonyl (C=O) groups is 2. The molecule has 1 aromatic rings. The summed E-state index contributed by atoms with van der Waals surface area (Å²) in [5, 5.41) is 5.82. The molecule has 25 heavy (non-hydrogen) atoms. The molecule has 1 aliphatic carbocycles. The van der Waals surface area contributed by atoms with Gasteiger partial charge in [-0.05, 0) is 31.7 Å². The lowest BCUT2D eigenvalue weighted by atomic mass is 10.0. The van der Waals surface area contributed by atoms with Crippen molar-refractivity contribution in [3.8, 4) is 0 Å². The number of nitrogens with zero attached hydrogens (tertiary/aromatic N) is 3. The van der Waals surface area contributed by atoms with Crippen molar-refractivity contribution < 1.29 is 9.59 Å². The molecule has 1 saturated heterocycles. The smallest absolute Gasteiger partial charge is 0.237 e. The Kier molecular flexibility index (Phi) is 6.06. The van der Waals surface area contributed by atoms with E-state index in [0.717, 1.165) is 37.4 Å². The first kappa shape index (κ1) is 18.3. The number of hydrogen-bond donors (Lipinski definition) is 1. The largest absolute Gasteiger partial charge is 0.353 e. The summed E-state index contributed by atoms with van der Waals surface area (Å²) in [6.45, 7) is 7.32. The van der Waals surface area contributed by atoms with E-state index in [4.69, 9.17) is 0 Å². The summed E-state index contributed by atoms with van der Waals surface area (Å²) in [4.78, 5) is 33.7. The van der Waals surface area contributed by atoms with Crippen LogP contribution >= 0.6 is 11.3 Å². The second kappa shape index (κ2) is 8.27. The summed E-state index contributed by atoms with van der Waals surface area (Å²) in [5.74, 6) is 0.664. The Morgan fingerprint density at radius 2 is 2.28 bits per heavy atom. The molecule has 1 unspecified atom stereocenters. The standard InChI is InChI=1S/C18H28N4O2S/c1-13(2)5-8-21-9-6-20-18(24)15(21)11-17(23)22(14-3-4-14)12-16-19-7-10-25-16/h7,10,13-15H,3-6,8-9,11-12H2,1-2H3,(H,20,24). The van der Waals surface area contributed by atoms with Crippen molar-refractivity contribution in [2.45, 2.75) is 58.2 Å². The van der Waals surface area contributed by atoms with Crippen molar-refractivity contribution in [2.24, 2.45) is 5.92 Å². The maximum Gasteiger partial charge on any atom is 0.237 e. The Morgan fingerprint density at radius 3 is 2.92 bits per heavy atom. The van der Waals surface area contributed by atoms with Crippen molar-refractivity contribution in [3.05, 3.63) is 16.6 Å². The number of amides is 2. The molecule has 1 saturated carbocycles. The highest BCUT2D eigenvalue weighted by atomic mass is 32.1. The lowest BCUT2D eigenvalue weighted by molar-refractivity contribution is -0.139. The van der Waals surface area contributed by atoms with E-state index in [1.165, 1.54) is 0 Å². The molecular formula is C18H28N4O2S. The van der Waals surface area contributed by atoms with Crippen LogP contribution in [0.1, 0.15) is 44.5 Å². The number of thiazole rings is 1. The van der Waals surface area contributed by atoms with Gasteiger partial charge in [0.05, 0.1) is 19.0 Å². The number of rotatable bonds is 8. The quantitative estimate of drug-likeness (QED) is 0.765. The topological polar surface area (TPSA) is 65.5 Å². The van der Waals surface area contributed by atoms with E-state index in [-0.39, 0.29) is 24.3 Å². The van der Waals surface area contributed by atoms with Gasteiger partial charge in [-0.2, -0.15) is 0 Å². The summed E-state index contributed by atoms with van der Waals surface area (Å²) in [5.41, 5.74) is 0. The molecule has 0 radical (unpaired) electrons. The molecule has 1 aromatic heterocycles. The van der Waals surface area contributed by atoms with Crippen molar-refractivity contribution in [2.75, 3.05) is 19.6 Å². The van der Waals surface area contributed by atoms with Crippen molar-refractivity contribution in [3.63, 3.8) is 0 Å². The normalized spacial score (nSPS) is 21.4. The summed E-state index contributed by atoms with van der Waals surface area (Å²) in [6.07, 6.45) is 5.21. The number of hydrogen-bond acceptors (Lipinski definition) is 5. The molecule has 2 aliphatic rings. The van der Waals surface area contributed by atoms with Crippen LogP contribution in [0.4, 0.5) is 0 Å². The average Bonchev–Trinajstić information content (AvgIpc) is 3.28. The first-order chi connectivity index (χ1) is 12.0. The highest BCUT2D eigenvalue weighted by Crippen LogP contribution is 2.30. The van der Waals surface area contributed by atoms with E-state index in [9.17, 15) is 9.59 Å². The van der Waals surface area contributed by atoms with Crippen LogP contribution in [0, 0.1) is 5.92 Å². The van der Waals surface area contributed by atoms with Crippen LogP contribution in [0.2, 0.25) is 0 Å². The Morgan fingerprint density at radius 1 is 1.48 bits per heavy atom. The van der Waals surface area contributed by atoms with Crippen molar-refractivity contribution in [1.29, 1.82) is 0 Å². The predicted octanol–water partition coefficient (Wildman–Crippen LogP) is 1.87. The van der Waals surface area contributed by atoms with Crippen LogP contribution in [0.3, 0.4) is 0 Å². The number of aromatic nitrogens is 1. The summed E-state index contributed by atoms with van der Waals surface area (Å²) in [6, 6.07) is -0.00953. The molecule has 6 nitrogen and oxygen atoms in total. The molecule has 7 heteroatoms. The molecule has 3 rings (SSSR count). The molecule has 1 N–H and O–H groups in total. The third-order valence-electron chi connectivity index (χ3n) is 4.90. The zero-order chi connectivity index (χ0) is 17.8. The maximum absolute atomic E-state index is 12.9. The Bertz CT molecular complexity index is 586. The molecule has 1 aliphatic heterocycles. The van der Waals surface area contributed by atoms with Gasteiger partial charge >= 0.3 is 0 Å². The third kappa shape index (κ3) is 5.01. The van der Waals surface area contributed by atoms with Gasteiger partial charge in [-0.25, -0.2) is 4.98 Å². The lowest BCUT2D eigenvalue weighted by Gasteiger charge is -2.36. The zero-order valence-corrected chi connectivity index (χ0v) is 15.9. The monoisotopic (exact) mass is 364 g/mol. The van der Waals surface area contributed by atoms with Gasteiger partial charge in [-0.1, -0.05) is 13.8 Å². The molecule has 1 atom stereocenters. The van der Waals surface area contributed by atoms with E-state index < -0.39 is 0 Å². The van der Waals surface area contributed by atoms with Crippen LogP contribution in [0.5, 0.6) is 0 Å². The average molecular weight is 365 g/mol. The van der Waals surface area contributed by atoms with E-state index in [1.54, 1.807) is 17.5 Å². The Labute approximate surface area is 153 Å². The van der Waals surface area contributed by atoms with Crippen LogP contribution < -0.4 is 5.32 Å². The van der Waals surface area contributed by atoms with Gasteiger partial charge in [0.25, 0.3) is 0 Å². The second-order valence-electron chi connectivity index (χ2n) is 7.41. The van der Waals surface area contributed by atoms with Gasteiger partial charge in [0.2, 0.25) is 11.8 Å². The van der Waals surface area contributed by atoms with Gasteiger partial charge in [0, 0.05) is 30.7 Å². The number of piperazine rings is 1. The summed E-state index contributed by atoms with van der Waals surface area (Å²) in [7, 11) is 0. The van der Waals surface area contributed by atoms with Gasteiger partial charge in [-0.15, -0.1) is 11.3 Å². The minimum Gasteiger partial charge on any atom is -0.353 e.